The van der Waals surface area contributed by atoms with E-state index in [1.54, 1.807) is 0 Å². The van der Waals surface area contributed by atoms with Gasteiger partial charge in [0.1, 0.15) is 12.4 Å². The molecule has 0 saturated carbocycles. The summed E-state index contributed by atoms with van der Waals surface area (Å²) in [6, 6.07) is 0. The standard InChI is InChI=1S/C6H8BrN3O2/c7-5-6(12-2-1-11)10-4(8)3-9-5/h3,11H,1-2H2,(H2,8,10). The van der Waals surface area contributed by atoms with Gasteiger partial charge < -0.3 is 15.6 Å². The first-order valence-electron chi connectivity index (χ1n) is 3.25. The van der Waals surface area contributed by atoms with Crippen LogP contribution >= 0.6 is 15.9 Å². The van der Waals surface area contributed by atoms with Crippen molar-refractivity contribution >= 4 is 21.7 Å². The second-order valence-electron chi connectivity index (χ2n) is 1.96. The molecule has 0 radical (unpaired) electrons. The minimum absolute atomic E-state index is 0.0665. The first-order chi connectivity index (χ1) is 5.74. The molecule has 0 aliphatic carbocycles. The molecule has 1 aromatic rings. The molecule has 0 atom stereocenters. The molecule has 5 nitrogen and oxygen atoms in total. The molecule has 0 fully saturated rings. The van der Waals surface area contributed by atoms with Crippen LogP contribution in [0.25, 0.3) is 0 Å². The average molecular weight is 234 g/mol. The molecule has 12 heavy (non-hydrogen) atoms. The summed E-state index contributed by atoms with van der Waals surface area (Å²) in [5.74, 6) is 0.579. The van der Waals surface area contributed by atoms with Gasteiger partial charge in [-0.25, -0.2) is 4.98 Å². The fraction of sp³-hybridized carbons (Fsp3) is 0.333. The highest BCUT2D eigenvalue weighted by atomic mass is 79.9. The zero-order valence-corrected chi connectivity index (χ0v) is 7.78. The number of ether oxygens (including phenoxy) is 1. The van der Waals surface area contributed by atoms with Crippen molar-refractivity contribution in [2.24, 2.45) is 0 Å². The number of aliphatic hydroxyl groups excluding tert-OH is 1. The quantitative estimate of drug-likeness (QED) is 0.780. The van der Waals surface area contributed by atoms with Crippen LogP contribution in [0, 0.1) is 0 Å². The summed E-state index contributed by atoms with van der Waals surface area (Å²) in [6.45, 7) is 0.111. The fourth-order valence-electron chi connectivity index (χ4n) is 0.604. The molecule has 0 bridgehead atoms. The van der Waals surface area contributed by atoms with Crippen LogP contribution in [-0.2, 0) is 0 Å². The van der Waals surface area contributed by atoms with Gasteiger partial charge in [-0.15, -0.1) is 0 Å². The molecule has 1 heterocycles. The van der Waals surface area contributed by atoms with Gasteiger partial charge in [0.25, 0.3) is 0 Å². The lowest BCUT2D eigenvalue weighted by atomic mass is 10.6. The van der Waals surface area contributed by atoms with Crippen molar-refractivity contribution in [1.29, 1.82) is 0 Å². The first-order valence-corrected chi connectivity index (χ1v) is 4.05. The molecular formula is C6H8BrN3O2. The van der Waals surface area contributed by atoms with E-state index in [1.165, 1.54) is 6.20 Å². The number of hydrogen-bond acceptors (Lipinski definition) is 5. The zero-order valence-electron chi connectivity index (χ0n) is 6.20. The maximum atomic E-state index is 8.47. The Balaban J connectivity index is 2.75. The molecular weight excluding hydrogens is 226 g/mol. The summed E-state index contributed by atoms with van der Waals surface area (Å²) in [7, 11) is 0. The third-order valence-corrected chi connectivity index (χ3v) is 1.59. The molecule has 0 aliphatic rings. The lowest BCUT2D eigenvalue weighted by Gasteiger charge is -2.04. The monoisotopic (exact) mass is 233 g/mol. The van der Waals surface area contributed by atoms with Crippen LogP contribution in [0.5, 0.6) is 5.88 Å². The smallest absolute Gasteiger partial charge is 0.249 e. The molecule has 0 aromatic carbocycles. The minimum Gasteiger partial charge on any atom is -0.473 e. The number of anilines is 1. The molecule has 0 saturated heterocycles. The Morgan fingerprint density at radius 1 is 1.67 bits per heavy atom. The molecule has 1 aromatic heterocycles. The Bertz CT molecular complexity index is 269. The third-order valence-electron chi connectivity index (χ3n) is 1.05. The van der Waals surface area contributed by atoms with E-state index in [2.05, 4.69) is 25.9 Å². The van der Waals surface area contributed by atoms with Crippen molar-refractivity contribution in [2.45, 2.75) is 0 Å². The van der Waals surface area contributed by atoms with Crippen LogP contribution in [0.15, 0.2) is 10.8 Å². The van der Waals surface area contributed by atoms with Gasteiger partial charge >= 0.3 is 0 Å². The van der Waals surface area contributed by atoms with Crippen LogP contribution in [0.2, 0.25) is 0 Å². The summed E-state index contributed by atoms with van der Waals surface area (Å²) in [6.07, 6.45) is 1.41. The Morgan fingerprint density at radius 3 is 3.08 bits per heavy atom. The van der Waals surface area contributed by atoms with Crippen LogP contribution in [0.1, 0.15) is 0 Å². The molecule has 6 heteroatoms. The predicted molar refractivity (Wildman–Crippen MR) is 46.7 cm³/mol. The van der Waals surface area contributed by atoms with Gasteiger partial charge in [0.05, 0.1) is 12.8 Å². The van der Waals surface area contributed by atoms with Crippen LogP contribution < -0.4 is 10.5 Å². The van der Waals surface area contributed by atoms with Gasteiger partial charge in [0.15, 0.2) is 4.60 Å². The van der Waals surface area contributed by atoms with E-state index in [0.717, 1.165) is 0 Å². The normalized spacial score (nSPS) is 9.83. The zero-order chi connectivity index (χ0) is 8.97. The van der Waals surface area contributed by atoms with Crippen LogP contribution in [0.4, 0.5) is 5.82 Å². The van der Waals surface area contributed by atoms with Crippen molar-refractivity contribution in [1.82, 2.24) is 9.97 Å². The summed E-state index contributed by atoms with van der Waals surface area (Å²) in [4.78, 5) is 7.70. The highest BCUT2D eigenvalue weighted by Gasteiger charge is 2.03. The summed E-state index contributed by atoms with van der Waals surface area (Å²) in [5, 5.41) is 8.47. The lowest BCUT2D eigenvalue weighted by Crippen LogP contribution is -2.05. The number of nitrogens with two attached hydrogens (primary N) is 1. The van der Waals surface area contributed by atoms with Gasteiger partial charge in [-0.3, -0.25) is 0 Å². The minimum atomic E-state index is -0.0665. The SMILES string of the molecule is Nc1cnc(Br)c(OCCO)n1. The first kappa shape index (κ1) is 9.21. The van der Waals surface area contributed by atoms with Crippen LogP contribution in [-0.4, -0.2) is 28.3 Å². The van der Waals surface area contributed by atoms with E-state index in [-0.39, 0.29) is 19.0 Å². The third kappa shape index (κ3) is 2.31. The second kappa shape index (κ2) is 4.22. The number of nitrogens with zero attached hydrogens (tertiary/aromatic N) is 2. The van der Waals surface area contributed by atoms with Crippen molar-refractivity contribution in [3.8, 4) is 5.88 Å². The molecule has 3 N–H and O–H groups in total. The number of hydrogen-bond donors (Lipinski definition) is 2. The fourth-order valence-corrected chi connectivity index (χ4v) is 0.910. The Hall–Kier alpha value is -0.880. The van der Waals surface area contributed by atoms with Crippen molar-refractivity contribution < 1.29 is 9.84 Å². The highest BCUT2D eigenvalue weighted by molar-refractivity contribution is 9.10. The van der Waals surface area contributed by atoms with Crippen LogP contribution in [0.3, 0.4) is 0 Å². The molecule has 66 valence electrons. The Morgan fingerprint density at radius 2 is 2.42 bits per heavy atom. The van der Waals surface area contributed by atoms with Gasteiger partial charge in [0, 0.05) is 0 Å². The van der Waals surface area contributed by atoms with Gasteiger partial charge in [-0.05, 0) is 15.9 Å². The maximum Gasteiger partial charge on any atom is 0.249 e. The summed E-state index contributed by atoms with van der Waals surface area (Å²) in [5.41, 5.74) is 5.36. The molecule has 0 spiro atoms. The highest BCUT2D eigenvalue weighted by Crippen LogP contribution is 2.19. The number of halogens is 1. The van der Waals surface area contributed by atoms with E-state index < -0.39 is 0 Å². The second-order valence-corrected chi connectivity index (χ2v) is 2.71. The lowest BCUT2D eigenvalue weighted by molar-refractivity contribution is 0.195. The van der Waals surface area contributed by atoms with E-state index in [4.69, 9.17) is 15.6 Å². The Kier molecular flexibility index (Phi) is 3.24. The number of aromatic nitrogens is 2. The molecule has 1 rings (SSSR count). The maximum absolute atomic E-state index is 8.47. The van der Waals surface area contributed by atoms with Crippen molar-refractivity contribution in [3.05, 3.63) is 10.8 Å². The van der Waals surface area contributed by atoms with Crippen molar-refractivity contribution in [2.75, 3.05) is 18.9 Å². The predicted octanol–water partition coefficient (Wildman–Crippen LogP) is 0.192. The number of nitrogen functional groups attached to an aromatic ring is 1. The van der Waals surface area contributed by atoms with E-state index in [1.807, 2.05) is 0 Å². The van der Waals surface area contributed by atoms with E-state index >= 15 is 0 Å². The number of rotatable bonds is 3. The van der Waals surface area contributed by atoms with Gasteiger partial charge in [0.2, 0.25) is 5.88 Å². The van der Waals surface area contributed by atoms with Gasteiger partial charge in [-0.2, -0.15) is 4.98 Å². The summed E-state index contributed by atoms with van der Waals surface area (Å²) >= 11 is 3.12. The molecule has 0 unspecified atom stereocenters. The Labute approximate surface area is 77.7 Å². The van der Waals surface area contributed by atoms with Crippen molar-refractivity contribution in [3.63, 3.8) is 0 Å². The van der Waals surface area contributed by atoms with E-state index in [0.29, 0.717) is 10.5 Å². The number of aliphatic hydroxyl groups is 1. The average Bonchev–Trinajstić information content (AvgIpc) is 2.07. The summed E-state index contributed by atoms with van der Waals surface area (Å²) < 4.78 is 5.49. The molecule has 0 amide bonds. The van der Waals surface area contributed by atoms with Gasteiger partial charge in [-0.1, -0.05) is 0 Å². The van der Waals surface area contributed by atoms with E-state index in [9.17, 15) is 0 Å². The topological polar surface area (TPSA) is 81.3 Å². The largest absolute Gasteiger partial charge is 0.473 e. The molecule has 0 aliphatic heterocycles.